The largest absolute Gasteiger partial charge is 0.495 e. The quantitative estimate of drug-likeness (QED) is 0.595. The van der Waals surface area contributed by atoms with Gasteiger partial charge in [-0.2, -0.15) is 0 Å². The predicted molar refractivity (Wildman–Crippen MR) is 137 cm³/mol. The Hall–Kier alpha value is -2.84. The number of hydrogen-bond donors (Lipinski definition) is 2. The van der Waals surface area contributed by atoms with E-state index in [4.69, 9.17) is 16.3 Å². The van der Waals surface area contributed by atoms with Crippen molar-refractivity contribution in [2.45, 2.75) is 46.2 Å². The molecule has 2 fully saturated rings. The lowest BCUT2D eigenvalue weighted by Gasteiger charge is -2.40. The van der Waals surface area contributed by atoms with E-state index in [9.17, 15) is 9.59 Å². The predicted octanol–water partition coefficient (Wildman–Crippen LogP) is 4.24. The van der Waals surface area contributed by atoms with E-state index in [1.807, 2.05) is 24.8 Å². The number of aryl methyl sites for hydroxylation is 1. The average Bonchev–Trinajstić information content (AvgIpc) is 3.65. The summed E-state index contributed by atoms with van der Waals surface area (Å²) in [6.07, 6.45) is 3.98. The SMILES string of the molecule is COc1cc(C(=O)Nc2cc(Cl)cc(CN3CCN(C(=O)NCC4CC4)C(C)C3)c2C)cnc1C. The van der Waals surface area contributed by atoms with Crippen LogP contribution in [0.25, 0.3) is 0 Å². The second-order valence-electron chi connectivity index (χ2n) is 9.61. The maximum absolute atomic E-state index is 12.9. The number of nitrogens with one attached hydrogen (secondary N) is 2. The summed E-state index contributed by atoms with van der Waals surface area (Å²) < 4.78 is 5.29. The molecule has 2 N–H and O–H groups in total. The summed E-state index contributed by atoms with van der Waals surface area (Å²) in [7, 11) is 1.56. The van der Waals surface area contributed by atoms with Gasteiger partial charge < -0.3 is 20.3 Å². The number of halogens is 1. The zero-order valence-corrected chi connectivity index (χ0v) is 21.6. The van der Waals surface area contributed by atoms with Gasteiger partial charge in [0, 0.05) is 55.7 Å². The summed E-state index contributed by atoms with van der Waals surface area (Å²) >= 11 is 6.43. The Kier molecular flexibility index (Phi) is 7.82. The Bertz CT molecular complexity index is 1100. The third-order valence-electron chi connectivity index (χ3n) is 6.86. The molecule has 9 heteroatoms. The number of aromatic nitrogens is 1. The fourth-order valence-corrected chi connectivity index (χ4v) is 4.68. The third kappa shape index (κ3) is 6.24. The molecule has 0 radical (unpaired) electrons. The van der Waals surface area contributed by atoms with E-state index in [0.29, 0.717) is 41.0 Å². The summed E-state index contributed by atoms with van der Waals surface area (Å²) in [6.45, 7) is 9.62. The minimum atomic E-state index is -0.272. The van der Waals surface area contributed by atoms with E-state index in [2.05, 4.69) is 27.4 Å². The van der Waals surface area contributed by atoms with Gasteiger partial charge in [-0.05, 0) is 68.9 Å². The van der Waals surface area contributed by atoms with E-state index in [0.717, 1.165) is 36.5 Å². The van der Waals surface area contributed by atoms with E-state index < -0.39 is 0 Å². The minimum Gasteiger partial charge on any atom is -0.495 e. The van der Waals surface area contributed by atoms with Gasteiger partial charge in [0.1, 0.15) is 5.75 Å². The zero-order chi connectivity index (χ0) is 25.1. The highest BCUT2D eigenvalue weighted by molar-refractivity contribution is 6.31. The smallest absolute Gasteiger partial charge is 0.317 e. The molecule has 1 saturated carbocycles. The number of hydrogen-bond acceptors (Lipinski definition) is 5. The Labute approximate surface area is 212 Å². The summed E-state index contributed by atoms with van der Waals surface area (Å²) in [6, 6.07) is 5.55. The average molecular weight is 500 g/mol. The van der Waals surface area contributed by atoms with Crippen molar-refractivity contribution in [1.29, 1.82) is 0 Å². The fourth-order valence-electron chi connectivity index (χ4n) is 4.44. The van der Waals surface area contributed by atoms with Crippen LogP contribution >= 0.6 is 11.6 Å². The molecule has 8 nitrogen and oxygen atoms in total. The second kappa shape index (κ2) is 10.8. The van der Waals surface area contributed by atoms with Gasteiger partial charge in [0.2, 0.25) is 0 Å². The number of nitrogens with zero attached hydrogens (tertiary/aromatic N) is 3. The number of benzene rings is 1. The molecule has 188 valence electrons. The van der Waals surface area contributed by atoms with Crippen molar-refractivity contribution in [3.63, 3.8) is 0 Å². The Morgan fingerprint density at radius 3 is 2.66 bits per heavy atom. The lowest BCUT2D eigenvalue weighted by Crippen LogP contribution is -2.56. The highest BCUT2D eigenvalue weighted by Crippen LogP contribution is 2.29. The first-order valence-corrected chi connectivity index (χ1v) is 12.5. The zero-order valence-electron chi connectivity index (χ0n) is 20.9. The number of amides is 3. The molecule has 1 atom stereocenters. The van der Waals surface area contributed by atoms with Crippen LogP contribution in [0.1, 0.15) is 46.9 Å². The van der Waals surface area contributed by atoms with Crippen LogP contribution in [0.4, 0.5) is 10.5 Å². The highest BCUT2D eigenvalue weighted by atomic mass is 35.5. The molecule has 2 aliphatic rings. The summed E-state index contributed by atoms with van der Waals surface area (Å²) in [4.78, 5) is 34.0. The number of carbonyl (C=O) groups excluding carboxylic acids is 2. The monoisotopic (exact) mass is 499 g/mol. The summed E-state index contributed by atoms with van der Waals surface area (Å²) in [5.41, 5.74) is 3.82. The number of carbonyl (C=O) groups is 2. The first-order valence-electron chi connectivity index (χ1n) is 12.1. The molecule has 2 heterocycles. The van der Waals surface area contributed by atoms with Crippen molar-refractivity contribution in [3.05, 3.63) is 51.8 Å². The molecular weight excluding hydrogens is 466 g/mol. The lowest BCUT2D eigenvalue weighted by molar-refractivity contribution is 0.0973. The number of methoxy groups -OCH3 is 1. The molecule has 1 unspecified atom stereocenters. The van der Waals surface area contributed by atoms with Crippen LogP contribution in [0, 0.1) is 19.8 Å². The maximum Gasteiger partial charge on any atom is 0.317 e. The van der Waals surface area contributed by atoms with Crippen LogP contribution in [-0.2, 0) is 6.54 Å². The molecule has 0 spiro atoms. The standard InChI is InChI=1S/C26H34ClN5O3/c1-16-14-31(7-8-32(16)26(34)29-12-19-5-6-19)15-21-9-22(27)11-23(17(21)2)30-25(33)20-10-24(35-4)18(3)28-13-20/h9-11,13,16,19H,5-8,12,14-15H2,1-4H3,(H,29,34)(H,30,33). The van der Waals surface area contributed by atoms with Gasteiger partial charge in [0.05, 0.1) is 18.4 Å². The molecule has 0 bridgehead atoms. The number of ether oxygens (including phenoxy) is 1. The van der Waals surface area contributed by atoms with Gasteiger partial charge >= 0.3 is 6.03 Å². The van der Waals surface area contributed by atoms with Crippen molar-refractivity contribution >= 4 is 29.2 Å². The number of urea groups is 1. The van der Waals surface area contributed by atoms with Crippen LogP contribution in [-0.4, -0.2) is 66.1 Å². The molecule has 1 saturated heterocycles. The first kappa shape index (κ1) is 25.3. The highest BCUT2D eigenvalue weighted by Gasteiger charge is 2.29. The van der Waals surface area contributed by atoms with Gasteiger partial charge in [-0.15, -0.1) is 0 Å². The van der Waals surface area contributed by atoms with Crippen LogP contribution < -0.4 is 15.4 Å². The van der Waals surface area contributed by atoms with Crippen LogP contribution in [0.5, 0.6) is 5.75 Å². The molecule has 2 aromatic rings. The molecule has 1 aliphatic heterocycles. The Morgan fingerprint density at radius 2 is 1.97 bits per heavy atom. The molecule has 35 heavy (non-hydrogen) atoms. The normalized spacial score (nSPS) is 18.3. The third-order valence-corrected chi connectivity index (χ3v) is 7.07. The van der Waals surface area contributed by atoms with E-state index >= 15 is 0 Å². The number of pyridine rings is 1. The fraction of sp³-hybridized carbons (Fsp3) is 0.500. The van der Waals surface area contributed by atoms with Crippen molar-refractivity contribution in [3.8, 4) is 5.75 Å². The second-order valence-corrected chi connectivity index (χ2v) is 10.0. The van der Waals surface area contributed by atoms with E-state index in [1.54, 1.807) is 19.2 Å². The number of rotatable bonds is 7. The van der Waals surface area contributed by atoms with Gasteiger partial charge in [0.25, 0.3) is 5.91 Å². The van der Waals surface area contributed by atoms with Crippen molar-refractivity contribution in [1.82, 2.24) is 20.1 Å². The Morgan fingerprint density at radius 1 is 1.20 bits per heavy atom. The first-order chi connectivity index (χ1) is 16.7. The topological polar surface area (TPSA) is 86.8 Å². The van der Waals surface area contributed by atoms with Crippen LogP contribution in [0.3, 0.4) is 0 Å². The molecular formula is C26H34ClN5O3. The van der Waals surface area contributed by atoms with Crippen LogP contribution in [0.2, 0.25) is 5.02 Å². The maximum atomic E-state index is 12.9. The molecule has 1 aromatic heterocycles. The van der Waals surface area contributed by atoms with Gasteiger partial charge in [-0.1, -0.05) is 11.6 Å². The molecule has 1 aromatic carbocycles. The minimum absolute atomic E-state index is 0.0372. The van der Waals surface area contributed by atoms with Crippen molar-refractivity contribution in [2.75, 3.05) is 38.6 Å². The molecule has 1 aliphatic carbocycles. The summed E-state index contributed by atoms with van der Waals surface area (Å²) in [5.74, 6) is 0.961. The number of piperazine rings is 1. The van der Waals surface area contributed by atoms with Gasteiger partial charge in [-0.25, -0.2) is 4.79 Å². The van der Waals surface area contributed by atoms with Crippen molar-refractivity contribution < 1.29 is 14.3 Å². The molecule has 3 amide bonds. The lowest BCUT2D eigenvalue weighted by atomic mass is 10.0. The van der Waals surface area contributed by atoms with E-state index in [1.165, 1.54) is 19.0 Å². The van der Waals surface area contributed by atoms with Gasteiger partial charge in [0.15, 0.2) is 0 Å². The Balaban J connectivity index is 1.40. The number of anilines is 1. The van der Waals surface area contributed by atoms with Crippen LogP contribution in [0.15, 0.2) is 24.4 Å². The summed E-state index contributed by atoms with van der Waals surface area (Å²) in [5, 5.41) is 6.61. The van der Waals surface area contributed by atoms with Gasteiger partial charge in [-0.3, -0.25) is 14.7 Å². The van der Waals surface area contributed by atoms with Crippen molar-refractivity contribution in [2.24, 2.45) is 5.92 Å². The molecule has 4 rings (SSSR count). The van der Waals surface area contributed by atoms with E-state index in [-0.39, 0.29) is 18.0 Å².